The highest BCUT2D eigenvalue weighted by Crippen LogP contribution is 2.42. The van der Waals surface area contributed by atoms with E-state index in [0.29, 0.717) is 18.7 Å². The molecule has 0 aliphatic carbocycles. The number of fused-ring (bicyclic) bond motifs is 1. The van der Waals surface area contributed by atoms with Gasteiger partial charge < -0.3 is 19.4 Å². The lowest BCUT2D eigenvalue weighted by atomic mass is 9.92. The first-order chi connectivity index (χ1) is 13.6. The number of nitrogens with zero attached hydrogens (tertiary/aromatic N) is 1. The molecule has 0 bridgehead atoms. The number of para-hydroxylation sites is 2. The highest BCUT2D eigenvalue weighted by molar-refractivity contribution is 6.02. The zero-order valence-corrected chi connectivity index (χ0v) is 16.1. The van der Waals surface area contributed by atoms with E-state index < -0.39 is 5.66 Å². The van der Waals surface area contributed by atoms with Crippen LogP contribution in [0.2, 0.25) is 0 Å². The summed E-state index contributed by atoms with van der Waals surface area (Å²) >= 11 is 0. The Labute approximate surface area is 164 Å². The van der Waals surface area contributed by atoms with Crippen LogP contribution in [0.15, 0.2) is 71.3 Å². The number of ether oxygens (including phenoxy) is 1. The van der Waals surface area contributed by atoms with E-state index in [1.165, 1.54) is 0 Å². The smallest absolute Gasteiger partial charge is 0.258 e. The van der Waals surface area contributed by atoms with Crippen molar-refractivity contribution in [2.75, 3.05) is 11.9 Å². The molecule has 1 amide bonds. The van der Waals surface area contributed by atoms with Gasteiger partial charge in [0, 0.05) is 11.3 Å². The second-order valence-electron chi connectivity index (χ2n) is 7.06. The molecule has 1 N–H and O–H groups in total. The van der Waals surface area contributed by atoms with Crippen LogP contribution in [0.25, 0.3) is 0 Å². The molecule has 5 heteroatoms. The molecule has 0 saturated carbocycles. The second kappa shape index (κ2) is 7.43. The van der Waals surface area contributed by atoms with E-state index >= 15 is 0 Å². The molecule has 1 aromatic heterocycles. The van der Waals surface area contributed by atoms with Gasteiger partial charge in [-0.25, -0.2) is 0 Å². The van der Waals surface area contributed by atoms with Crippen LogP contribution in [0, 0.1) is 0 Å². The molecule has 0 saturated heterocycles. The highest BCUT2D eigenvalue weighted by Gasteiger charge is 2.44. The summed E-state index contributed by atoms with van der Waals surface area (Å²) in [6.45, 7) is 5.06. The second-order valence-corrected chi connectivity index (χ2v) is 7.06. The summed E-state index contributed by atoms with van der Waals surface area (Å²) in [5, 5.41) is 3.58. The van der Waals surface area contributed by atoms with Gasteiger partial charge in [0.1, 0.15) is 17.2 Å². The van der Waals surface area contributed by atoms with Gasteiger partial charge >= 0.3 is 0 Å². The normalized spacial score (nSPS) is 18.5. The summed E-state index contributed by atoms with van der Waals surface area (Å²) in [4.78, 5) is 15.3. The lowest BCUT2D eigenvalue weighted by molar-refractivity contribution is 0.0480. The van der Waals surface area contributed by atoms with E-state index in [1.54, 1.807) is 6.26 Å². The number of furan rings is 1. The fraction of sp³-hybridized carbons (Fsp3) is 0.261. The monoisotopic (exact) mass is 376 g/mol. The number of carbonyl (C=O) groups is 1. The van der Waals surface area contributed by atoms with Gasteiger partial charge in [0.15, 0.2) is 0 Å². The number of carbonyl (C=O) groups excluding carboxylic acids is 1. The summed E-state index contributed by atoms with van der Waals surface area (Å²) < 4.78 is 11.6. The Hall–Kier alpha value is -3.21. The quantitative estimate of drug-likeness (QED) is 0.657. The average Bonchev–Trinajstić information content (AvgIpc) is 3.23. The van der Waals surface area contributed by atoms with Crippen molar-refractivity contribution in [1.82, 2.24) is 4.90 Å². The Balaban J connectivity index is 1.83. The van der Waals surface area contributed by atoms with Crippen LogP contribution in [0.5, 0.6) is 5.75 Å². The summed E-state index contributed by atoms with van der Waals surface area (Å²) in [7, 11) is 0. The van der Waals surface area contributed by atoms with Crippen molar-refractivity contribution in [2.24, 2.45) is 0 Å². The Kier molecular flexibility index (Phi) is 4.82. The van der Waals surface area contributed by atoms with Crippen molar-refractivity contribution in [3.63, 3.8) is 0 Å². The Bertz CT molecular complexity index is 967. The van der Waals surface area contributed by atoms with Crippen molar-refractivity contribution >= 4 is 11.6 Å². The van der Waals surface area contributed by atoms with Crippen LogP contribution >= 0.6 is 0 Å². The van der Waals surface area contributed by atoms with Gasteiger partial charge in [0.25, 0.3) is 5.91 Å². The van der Waals surface area contributed by atoms with Crippen LogP contribution < -0.4 is 10.1 Å². The molecular weight excluding hydrogens is 352 g/mol. The van der Waals surface area contributed by atoms with E-state index in [4.69, 9.17) is 9.15 Å². The Morgan fingerprint density at radius 1 is 1.07 bits per heavy atom. The minimum absolute atomic E-state index is 0.0430. The third-order valence-corrected chi connectivity index (χ3v) is 5.09. The SMILES string of the molecule is CCCOc1ccccc1C1(C)Nc2ccccc2C(=O)N1Cc1ccco1. The molecule has 0 radical (unpaired) electrons. The molecule has 4 rings (SSSR count). The molecule has 5 nitrogen and oxygen atoms in total. The molecule has 2 heterocycles. The largest absolute Gasteiger partial charge is 0.493 e. The van der Waals surface area contributed by atoms with Crippen LogP contribution in [0.4, 0.5) is 5.69 Å². The maximum Gasteiger partial charge on any atom is 0.258 e. The van der Waals surface area contributed by atoms with Gasteiger partial charge in [-0.05, 0) is 43.7 Å². The topological polar surface area (TPSA) is 54.7 Å². The first-order valence-electron chi connectivity index (χ1n) is 9.57. The number of hydrogen-bond acceptors (Lipinski definition) is 4. The maximum atomic E-state index is 13.5. The van der Waals surface area contributed by atoms with Gasteiger partial charge in [0.2, 0.25) is 0 Å². The third-order valence-electron chi connectivity index (χ3n) is 5.09. The van der Waals surface area contributed by atoms with Gasteiger partial charge in [-0.15, -0.1) is 0 Å². The number of benzene rings is 2. The Morgan fingerprint density at radius 2 is 1.86 bits per heavy atom. The van der Waals surface area contributed by atoms with Crippen molar-refractivity contribution < 1.29 is 13.9 Å². The van der Waals surface area contributed by atoms with Gasteiger partial charge in [-0.2, -0.15) is 0 Å². The molecule has 1 aliphatic rings. The van der Waals surface area contributed by atoms with Gasteiger partial charge in [-0.1, -0.05) is 37.3 Å². The van der Waals surface area contributed by atoms with Crippen molar-refractivity contribution in [2.45, 2.75) is 32.5 Å². The lowest BCUT2D eigenvalue weighted by Crippen LogP contribution is -2.55. The average molecular weight is 376 g/mol. The van der Waals surface area contributed by atoms with Gasteiger partial charge in [-0.3, -0.25) is 4.79 Å². The van der Waals surface area contributed by atoms with Crippen molar-refractivity contribution in [1.29, 1.82) is 0 Å². The zero-order valence-electron chi connectivity index (χ0n) is 16.1. The maximum absolute atomic E-state index is 13.5. The molecule has 0 fully saturated rings. The molecule has 1 atom stereocenters. The summed E-state index contributed by atoms with van der Waals surface area (Å²) in [5.74, 6) is 1.46. The number of amides is 1. The molecule has 3 aromatic rings. The molecule has 28 heavy (non-hydrogen) atoms. The highest BCUT2D eigenvalue weighted by atomic mass is 16.5. The third kappa shape index (κ3) is 3.13. The van der Waals surface area contributed by atoms with E-state index in [1.807, 2.05) is 72.5 Å². The predicted molar refractivity (Wildman–Crippen MR) is 108 cm³/mol. The van der Waals surface area contributed by atoms with Crippen molar-refractivity contribution in [3.8, 4) is 5.75 Å². The van der Waals surface area contributed by atoms with Crippen molar-refractivity contribution in [3.05, 3.63) is 83.8 Å². The molecule has 2 aromatic carbocycles. The van der Waals surface area contributed by atoms with Gasteiger partial charge in [0.05, 0.1) is 25.0 Å². The summed E-state index contributed by atoms with van der Waals surface area (Å²) in [6.07, 6.45) is 2.54. The van der Waals surface area contributed by atoms with E-state index in [0.717, 1.165) is 29.2 Å². The fourth-order valence-corrected chi connectivity index (χ4v) is 3.66. The zero-order chi connectivity index (χ0) is 19.6. The van der Waals surface area contributed by atoms with Crippen LogP contribution in [0.3, 0.4) is 0 Å². The van der Waals surface area contributed by atoms with E-state index in [-0.39, 0.29) is 5.91 Å². The molecule has 0 spiro atoms. The summed E-state index contributed by atoms with van der Waals surface area (Å²) in [5.41, 5.74) is 1.59. The molecule has 1 unspecified atom stereocenters. The molecule has 1 aliphatic heterocycles. The molecule has 144 valence electrons. The van der Waals surface area contributed by atoms with Crippen LogP contribution in [-0.4, -0.2) is 17.4 Å². The standard InChI is InChI=1S/C23H24N2O3/c1-3-14-28-21-13-7-5-11-19(21)23(2)24-20-12-6-4-10-18(20)22(26)25(23)16-17-9-8-15-27-17/h4-13,15,24H,3,14,16H2,1-2H3. The van der Waals surface area contributed by atoms with E-state index in [2.05, 4.69) is 12.2 Å². The summed E-state index contributed by atoms with van der Waals surface area (Å²) in [6, 6.07) is 19.2. The van der Waals surface area contributed by atoms with E-state index in [9.17, 15) is 4.79 Å². The molecular formula is C23H24N2O3. The predicted octanol–water partition coefficient (Wildman–Crippen LogP) is 5.01. The minimum Gasteiger partial charge on any atom is -0.493 e. The first kappa shape index (κ1) is 18.2. The number of nitrogens with one attached hydrogen (secondary N) is 1. The number of anilines is 1. The van der Waals surface area contributed by atoms with Crippen LogP contribution in [-0.2, 0) is 12.2 Å². The number of hydrogen-bond donors (Lipinski definition) is 1. The number of rotatable bonds is 6. The fourth-order valence-electron chi connectivity index (χ4n) is 3.66. The van der Waals surface area contributed by atoms with Crippen LogP contribution in [0.1, 0.15) is 41.9 Å². The minimum atomic E-state index is -0.789. The Morgan fingerprint density at radius 3 is 2.64 bits per heavy atom. The first-order valence-corrected chi connectivity index (χ1v) is 9.57. The lowest BCUT2D eigenvalue weighted by Gasteiger charge is -2.46.